The molecule has 0 fully saturated rings. The molecular formula is C17H21ClN2O3S. The lowest BCUT2D eigenvalue weighted by Crippen LogP contribution is -2.16. The van der Waals surface area contributed by atoms with E-state index in [1.807, 2.05) is 20.8 Å². The van der Waals surface area contributed by atoms with Crippen LogP contribution in [-0.4, -0.2) is 20.0 Å². The molecule has 130 valence electrons. The van der Waals surface area contributed by atoms with E-state index >= 15 is 0 Å². The molecule has 0 saturated heterocycles. The highest BCUT2D eigenvalue weighted by Crippen LogP contribution is 2.32. The van der Waals surface area contributed by atoms with Crippen molar-refractivity contribution in [2.45, 2.75) is 38.5 Å². The van der Waals surface area contributed by atoms with Crippen LogP contribution in [0, 0.1) is 6.92 Å². The van der Waals surface area contributed by atoms with Gasteiger partial charge in [0.15, 0.2) is 0 Å². The fourth-order valence-corrected chi connectivity index (χ4v) is 3.71. The van der Waals surface area contributed by atoms with E-state index in [1.54, 1.807) is 25.1 Å². The molecule has 1 aromatic heterocycles. The van der Waals surface area contributed by atoms with Crippen LogP contribution >= 0.6 is 11.6 Å². The lowest BCUT2D eigenvalue weighted by Gasteiger charge is -2.17. The molecule has 7 heteroatoms. The van der Waals surface area contributed by atoms with Gasteiger partial charge in [-0.25, -0.2) is 13.4 Å². The summed E-state index contributed by atoms with van der Waals surface area (Å²) in [6.07, 6.45) is 1.39. The zero-order valence-electron chi connectivity index (χ0n) is 14.1. The number of ether oxygens (including phenoxy) is 1. The standard InChI is InChI=1S/C17H21ClN2O3S/c1-5-23-15-8-12(4)16(9-14(15)11(2)3)24(21,22)20-17-7-6-13(18)10-19-17/h6-11H,5H2,1-4H3,(H,19,20). The van der Waals surface area contributed by atoms with Gasteiger partial charge >= 0.3 is 0 Å². The third kappa shape index (κ3) is 4.19. The van der Waals surface area contributed by atoms with Crippen molar-refractivity contribution >= 4 is 27.4 Å². The number of benzene rings is 1. The zero-order valence-corrected chi connectivity index (χ0v) is 15.7. The maximum atomic E-state index is 12.7. The Morgan fingerprint density at radius 3 is 2.54 bits per heavy atom. The lowest BCUT2D eigenvalue weighted by molar-refractivity contribution is 0.334. The SMILES string of the molecule is CCOc1cc(C)c(S(=O)(=O)Nc2ccc(Cl)cn2)cc1C(C)C. The van der Waals surface area contributed by atoms with E-state index in [9.17, 15) is 8.42 Å². The van der Waals surface area contributed by atoms with Crippen LogP contribution in [0.25, 0.3) is 0 Å². The van der Waals surface area contributed by atoms with Gasteiger partial charge in [-0.2, -0.15) is 0 Å². The summed E-state index contributed by atoms with van der Waals surface area (Å²) in [5.41, 5.74) is 1.47. The molecule has 1 aromatic carbocycles. The first-order valence-electron chi connectivity index (χ1n) is 7.66. The van der Waals surface area contributed by atoms with Crippen LogP contribution < -0.4 is 9.46 Å². The quantitative estimate of drug-likeness (QED) is 0.822. The van der Waals surface area contributed by atoms with Crippen LogP contribution in [0.5, 0.6) is 5.75 Å². The third-order valence-electron chi connectivity index (χ3n) is 3.49. The fraction of sp³-hybridized carbons (Fsp3) is 0.353. The van der Waals surface area contributed by atoms with Crippen LogP contribution in [0.15, 0.2) is 35.4 Å². The number of aryl methyl sites for hydroxylation is 1. The molecule has 0 unspecified atom stereocenters. The largest absolute Gasteiger partial charge is 0.494 e. The molecule has 0 bridgehead atoms. The molecule has 0 aliphatic carbocycles. The van der Waals surface area contributed by atoms with Gasteiger partial charge < -0.3 is 4.74 Å². The summed E-state index contributed by atoms with van der Waals surface area (Å²) in [4.78, 5) is 4.19. The number of rotatable bonds is 6. The average molecular weight is 369 g/mol. The highest BCUT2D eigenvalue weighted by atomic mass is 35.5. The second-order valence-corrected chi connectivity index (χ2v) is 7.80. The number of anilines is 1. The summed E-state index contributed by atoms with van der Waals surface area (Å²) < 4.78 is 33.6. The third-order valence-corrected chi connectivity index (χ3v) is 5.21. The highest BCUT2D eigenvalue weighted by molar-refractivity contribution is 7.92. The first kappa shape index (κ1) is 18.5. The monoisotopic (exact) mass is 368 g/mol. The van der Waals surface area contributed by atoms with Crippen molar-refractivity contribution in [2.24, 2.45) is 0 Å². The van der Waals surface area contributed by atoms with Gasteiger partial charge in [-0.05, 0) is 55.2 Å². The summed E-state index contributed by atoms with van der Waals surface area (Å²) in [6, 6.07) is 6.54. The van der Waals surface area contributed by atoms with Crippen molar-refractivity contribution in [2.75, 3.05) is 11.3 Å². The van der Waals surface area contributed by atoms with E-state index in [2.05, 4.69) is 9.71 Å². The Morgan fingerprint density at radius 2 is 2.00 bits per heavy atom. The van der Waals surface area contributed by atoms with Crippen molar-refractivity contribution in [3.63, 3.8) is 0 Å². The maximum absolute atomic E-state index is 12.7. The minimum atomic E-state index is -3.76. The highest BCUT2D eigenvalue weighted by Gasteiger charge is 2.21. The number of hydrogen-bond donors (Lipinski definition) is 1. The Kier molecular flexibility index (Phi) is 5.72. The number of hydrogen-bond acceptors (Lipinski definition) is 4. The number of nitrogens with zero attached hydrogens (tertiary/aromatic N) is 1. The molecule has 1 N–H and O–H groups in total. The molecule has 2 aromatic rings. The number of nitrogens with one attached hydrogen (secondary N) is 1. The van der Waals surface area contributed by atoms with Crippen molar-refractivity contribution in [3.05, 3.63) is 46.6 Å². The molecular weight excluding hydrogens is 348 g/mol. The molecule has 1 heterocycles. The van der Waals surface area contributed by atoms with Gasteiger partial charge in [0.25, 0.3) is 10.0 Å². The molecule has 0 aliphatic rings. The number of pyridine rings is 1. The Bertz CT molecular complexity index is 818. The van der Waals surface area contributed by atoms with Gasteiger partial charge in [0, 0.05) is 6.20 Å². The minimum absolute atomic E-state index is 0.134. The topological polar surface area (TPSA) is 68.3 Å². The molecule has 0 radical (unpaired) electrons. The van der Waals surface area contributed by atoms with Crippen molar-refractivity contribution < 1.29 is 13.2 Å². The number of aromatic nitrogens is 1. The van der Waals surface area contributed by atoms with Crippen LogP contribution in [0.2, 0.25) is 5.02 Å². The van der Waals surface area contributed by atoms with Crippen LogP contribution in [0.4, 0.5) is 5.82 Å². The smallest absolute Gasteiger partial charge is 0.263 e. The van der Waals surface area contributed by atoms with E-state index in [0.717, 1.165) is 5.56 Å². The summed E-state index contributed by atoms with van der Waals surface area (Å²) >= 11 is 5.77. The average Bonchev–Trinajstić information content (AvgIpc) is 2.49. The van der Waals surface area contributed by atoms with Crippen LogP contribution in [0.3, 0.4) is 0 Å². The van der Waals surface area contributed by atoms with Crippen LogP contribution in [0.1, 0.15) is 37.8 Å². The summed E-state index contributed by atoms with van der Waals surface area (Å²) in [7, 11) is -3.76. The number of halogens is 1. The predicted molar refractivity (Wildman–Crippen MR) is 96.5 cm³/mol. The Labute approximate surface area is 148 Å². The number of sulfonamides is 1. The summed E-state index contributed by atoms with van der Waals surface area (Å²) in [6.45, 7) is 8.17. The second-order valence-electron chi connectivity index (χ2n) is 5.71. The molecule has 5 nitrogen and oxygen atoms in total. The molecule has 0 amide bonds. The molecule has 0 aliphatic heterocycles. The van der Waals surface area contributed by atoms with Crippen LogP contribution in [-0.2, 0) is 10.0 Å². The van der Waals surface area contributed by atoms with E-state index in [1.165, 1.54) is 12.3 Å². The minimum Gasteiger partial charge on any atom is -0.494 e. The van der Waals surface area contributed by atoms with Gasteiger partial charge in [0.1, 0.15) is 11.6 Å². The first-order valence-corrected chi connectivity index (χ1v) is 9.52. The molecule has 0 atom stereocenters. The Balaban J connectivity index is 2.45. The van der Waals surface area contributed by atoms with Gasteiger partial charge in [-0.15, -0.1) is 0 Å². The van der Waals surface area contributed by atoms with Gasteiger partial charge in [-0.3, -0.25) is 4.72 Å². The normalized spacial score (nSPS) is 11.6. The van der Waals surface area contributed by atoms with E-state index in [0.29, 0.717) is 22.9 Å². The summed E-state index contributed by atoms with van der Waals surface area (Å²) in [5.74, 6) is 1.07. The molecule has 0 spiro atoms. The lowest BCUT2D eigenvalue weighted by atomic mass is 10.0. The first-order chi connectivity index (χ1) is 11.2. The Morgan fingerprint density at radius 1 is 1.29 bits per heavy atom. The van der Waals surface area contributed by atoms with Crippen molar-refractivity contribution in [3.8, 4) is 5.75 Å². The van der Waals surface area contributed by atoms with E-state index in [-0.39, 0.29) is 16.6 Å². The van der Waals surface area contributed by atoms with Crippen molar-refractivity contribution in [1.29, 1.82) is 0 Å². The van der Waals surface area contributed by atoms with Gasteiger partial charge in [-0.1, -0.05) is 25.4 Å². The van der Waals surface area contributed by atoms with Gasteiger partial charge in [0.2, 0.25) is 0 Å². The molecule has 24 heavy (non-hydrogen) atoms. The second kappa shape index (κ2) is 7.40. The van der Waals surface area contributed by atoms with Crippen molar-refractivity contribution in [1.82, 2.24) is 4.98 Å². The van der Waals surface area contributed by atoms with E-state index < -0.39 is 10.0 Å². The zero-order chi connectivity index (χ0) is 17.9. The fourth-order valence-electron chi connectivity index (χ4n) is 2.33. The Hall–Kier alpha value is -1.79. The van der Waals surface area contributed by atoms with Gasteiger partial charge in [0.05, 0.1) is 16.5 Å². The summed E-state index contributed by atoms with van der Waals surface area (Å²) in [5, 5.41) is 0.442. The van der Waals surface area contributed by atoms with E-state index in [4.69, 9.17) is 16.3 Å². The molecule has 0 saturated carbocycles. The maximum Gasteiger partial charge on any atom is 0.263 e. The molecule has 2 rings (SSSR count). The predicted octanol–water partition coefficient (Wildman–Crippen LogP) is 4.37.